The van der Waals surface area contributed by atoms with E-state index in [1.54, 1.807) is 23.7 Å². The standard InChI is InChI=1S/C17H18F3N3O4S2/c1-10-5-6-12(16(25)21-9-17(18,19)20)8-13(10)22-15(24)11(2)23-29(26,27)14-4-3-7-28-14/h3-8,11,23H,9H2,1-2H3,(H,21,25)(H,22,24). The molecule has 0 saturated carbocycles. The van der Waals surface area contributed by atoms with Gasteiger partial charge in [-0.3, -0.25) is 9.59 Å². The zero-order valence-corrected chi connectivity index (χ0v) is 17.0. The van der Waals surface area contributed by atoms with Gasteiger partial charge in [0.25, 0.3) is 15.9 Å². The van der Waals surface area contributed by atoms with Crippen LogP contribution >= 0.6 is 11.3 Å². The third-order valence-corrected chi connectivity index (χ3v) is 6.63. The lowest BCUT2D eigenvalue weighted by Crippen LogP contribution is -2.41. The molecular formula is C17H18F3N3O4S2. The molecular weight excluding hydrogens is 431 g/mol. The molecule has 0 aliphatic rings. The van der Waals surface area contributed by atoms with Crippen LogP contribution in [0.2, 0.25) is 0 Å². The van der Waals surface area contributed by atoms with Gasteiger partial charge in [-0.15, -0.1) is 11.3 Å². The number of rotatable bonds is 7. The number of sulfonamides is 1. The summed E-state index contributed by atoms with van der Waals surface area (Å²) in [7, 11) is -3.87. The van der Waals surface area contributed by atoms with Crippen molar-refractivity contribution in [3.05, 3.63) is 46.8 Å². The molecule has 1 aromatic carbocycles. The Labute approximate surface area is 169 Å². The number of amides is 2. The lowest BCUT2D eigenvalue weighted by Gasteiger charge is -2.16. The Bertz CT molecular complexity index is 990. The minimum atomic E-state index is -4.55. The first-order valence-electron chi connectivity index (χ1n) is 8.21. The molecule has 3 N–H and O–H groups in total. The first kappa shape index (κ1) is 22.8. The fraction of sp³-hybridized carbons (Fsp3) is 0.294. The highest BCUT2D eigenvalue weighted by Crippen LogP contribution is 2.19. The monoisotopic (exact) mass is 449 g/mol. The van der Waals surface area contributed by atoms with Crippen molar-refractivity contribution in [1.29, 1.82) is 0 Å². The van der Waals surface area contributed by atoms with Crippen molar-refractivity contribution in [3.8, 4) is 0 Å². The maximum Gasteiger partial charge on any atom is 0.405 e. The average molecular weight is 449 g/mol. The van der Waals surface area contributed by atoms with Gasteiger partial charge in [-0.25, -0.2) is 8.42 Å². The zero-order valence-electron chi connectivity index (χ0n) is 15.3. The van der Waals surface area contributed by atoms with E-state index in [0.717, 1.165) is 11.3 Å². The Morgan fingerprint density at radius 2 is 1.90 bits per heavy atom. The third kappa shape index (κ3) is 6.54. The number of halogens is 3. The molecule has 1 heterocycles. The number of benzene rings is 1. The number of carbonyl (C=O) groups is 2. The number of nitrogens with one attached hydrogen (secondary N) is 3. The minimum absolute atomic E-state index is 0.0525. The molecule has 29 heavy (non-hydrogen) atoms. The van der Waals surface area contributed by atoms with E-state index in [0.29, 0.717) is 5.56 Å². The quantitative estimate of drug-likeness (QED) is 0.605. The predicted octanol–water partition coefficient (Wildman–Crippen LogP) is 2.65. The van der Waals surface area contributed by atoms with Crippen molar-refractivity contribution in [1.82, 2.24) is 10.0 Å². The van der Waals surface area contributed by atoms with Crippen molar-refractivity contribution >= 4 is 38.9 Å². The zero-order chi connectivity index (χ0) is 21.8. The molecule has 0 aliphatic carbocycles. The average Bonchev–Trinajstić information content (AvgIpc) is 3.16. The van der Waals surface area contributed by atoms with E-state index in [9.17, 15) is 31.2 Å². The van der Waals surface area contributed by atoms with Crippen LogP contribution < -0.4 is 15.4 Å². The number of aryl methyl sites for hydroxylation is 1. The van der Waals surface area contributed by atoms with Crippen LogP contribution in [0.15, 0.2) is 39.9 Å². The molecule has 0 fully saturated rings. The highest BCUT2D eigenvalue weighted by Gasteiger charge is 2.28. The van der Waals surface area contributed by atoms with Gasteiger partial charge in [0, 0.05) is 11.3 Å². The van der Waals surface area contributed by atoms with Gasteiger partial charge in [0.2, 0.25) is 5.91 Å². The smallest absolute Gasteiger partial charge is 0.343 e. The molecule has 7 nitrogen and oxygen atoms in total. The van der Waals surface area contributed by atoms with E-state index in [4.69, 9.17) is 0 Å². The van der Waals surface area contributed by atoms with Crippen LogP contribution in [0.1, 0.15) is 22.8 Å². The predicted molar refractivity (Wildman–Crippen MR) is 102 cm³/mol. The van der Waals surface area contributed by atoms with E-state index >= 15 is 0 Å². The van der Waals surface area contributed by atoms with Gasteiger partial charge in [-0.2, -0.15) is 17.9 Å². The van der Waals surface area contributed by atoms with Gasteiger partial charge < -0.3 is 10.6 Å². The lowest BCUT2D eigenvalue weighted by molar-refractivity contribution is -0.123. The molecule has 2 rings (SSSR count). The Balaban J connectivity index is 2.08. The number of carbonyl (C=O) groups excluding carboxylic acids is 2. The second-order valence-corrected chi connectivity index (χ2v) is 8.98. The summed E-state index contributed by atoms with van der Waals surface area (Å²) >= 11 is 0.995. The Kier molecular flexibility index (Phi) is 7.03. The van der Waals surface area contributed by atoms with Crippen LogP contribution in [0.3, 0.4) is 0 Å². The number of anilines is 1. The summed E-state index contributed by atoms with van der Waals surface area (Å²) in [5.74, 6) is -1.65. The molecule has 2 amide bonds. The highest BCUT2D eigenvalue weighted by molar-refractivity contribution is 7.91. The first-order valence-corrected chi connectivity index (χ1v) is 10.6. The van der Waals surface area contributed by atoms with Crippen LogP contribution in [-0.2, 0) is 14.8 Å². The molecule has 0 radical (unpaired) electrons. The summed E-state index contributed by atoms with van der Waals surface area (Å²) in [6, 6.07) is 5.81. The van der Waals surface area contributed by atoms with Crippen LogP contribution in [0.25, 0.3) is 0 Å². The molecule has 12 heteroatoms. The number of alkyl halides is 3. The molecule has 2 aromatic rings. The second-order valence-electron chi connectivity index (χ2n) is 6.09. The summed E-state index contributed by atoms with van der Waals surface area (Å²) in [6.07, 6.45) is -4.55. The molecule has 0 saturated heterocycles. The molecule has 0 aliphatic heterocycles. The Morgan fingerprint density at radius 1 is 1.21 bits per heavy atom. The highest BCUT2D eigenvalue weighted by atomic mass is 32.2. The van der Waals surface area contributed by atoms with Gasteiger partial charge in [-0.05, 0) is 43.0 Å². The summed E-state index contributed by atoms with van der Waals surface area (Å²) in [4.78, 5) is 24.2. The van der Waals surface area contributed by atoms with Crippen molar-refractivity contribution in [2.24, 2.45) is 0 Å². The fourth-order valence-electron chi connectivity index (χ4n) is 2.18. The number of thiophene rings is 1. The van der Waals surface area contributed by atoms with Crippen molar-refractivity contribution in [2.75, 3.05) is 11.9 Å². The Morgan fingerprint density at radius 3 is 2.48 bits per heavy atom. The first-order chi connectivity index (χ1) is 13.4. The fourth-order valence-corrected chi connectivity index (χ4v) is 4.39. The van der Waals surface area contributed by atoms with Crippen LogP contribution in [0.5, 0.6) is 0 Å². The molecule has 158 valence electrons. The summed E-state index contributed by atoms with van der Waals surface area (Å²) in [5.41, 5.74) is 0.637. The normalized spacial score (nSPS) is 13.0. The lowest BCUT2D eigenvalue weighted by atomic mass is 10.1. The largest absolute Gasteiger partial charge is 0.405 e. The van der Waals surface area contributed by atoms with Gasteiger partial charge in [0.15, 0.2) is 0 Å². The molecule has 0 bridgehead atoms. The van der Waals surface area contributed by atoms with Crippen molar-refractivity contribution < 1.29 is 31.2 Å². The maximum atomic E-state index is 12.4. The van der Waals surface area contributed by atoms with E-state index in [1.807, 2.05) is 0 Å². The number of hydrogen-bond acceptors (Lipinski definition) is 5. The summed E-state index contributed by atoms with van der Waals surface area (Å²) < 4.78 is 63.4. The maximum absolute atomic E-state index is 12.4. The van der Waals surface area contributed by atoms with Crippen LogP contribution in [0.4, 0.5) is 18.9 Å². The second kappa shape index (κ2) is 8.93. The summed E-state index contributed by atoms with van der Waals surface area (Å²) in [5, 5.41) is 5.80. The molecule has 1 atom stereocenters. The Hall–Kier alpha value is -2.44. The van der Waals surface area contributed by atoms with E-state index in [-0.39, 0.29) is 15.5 Å². The van der Waals surface area contributed by atoms with Gasteiger partial charge in [0.1, 0.15) is 10.8 Å². The van der Waals surface area contributed by atoms with Crippen molar-refractivity contribution in [3.63, 3.8) is 0 Å². The van der Waals surface area contributed by atoms with Gasteiger partial charge in [-0.1, -0.05) is 12.1 Å². The summed E-state index contributed by atoms with van der Waals surface area (Å²) in [6.45, 7) is 1.48. The van der Waals surface area contributed by atoms with E-state index < -0.39 is 40.6 Å². The number of hydrogen-bond donors (Lipinski definition) is 3. The third-order valence-electron chi connectivity index (χ3n) is 3.69. The molecule has 0 spiro atoms. The van der Waals surface area contributed by atoms with Crippen LogP contribution in [0, 0.1) is 6.92 Å². The minimum Gasteiger partial charge on any atom is -0.343 e. The van der Waals surface area contributed by atoms with E-state index in [1.165, 1.54) is 31.2 Å². The topological polar surface area (TPSA) is 104 Å². The van der Waals surface area contributed by atoms with E-state index in [2.05, 4.69) is 10.0 Å². The molecule has 1 unspecified atom stereocenters. The van der Waals surface area contributed by atoms with Gasteiger partial charge in [0.05, 0.1) is 6.04 Å². The van der Waals surface area contributed by atoms with Crippen molar-refractivity contribution in [2.45, 2.75) is 30.3 Å². The SMILES string of the molecule is Cc1ccc(C(=O)NCC(F)(F)F)cc1NC(=O)C(C)NS(=O)(=O)c1cccs1. The van der Waals surface area contributed by atoms with Gasteiger partial charge >= 0.3 is 6.18 Å². The molecule has 1 aromatic heterocycles. The van der Waals surface area contributed by atoms with Crippen LogP contribution in [-0.4, -0.2) is 39.0 Å².